The number of nitrogens with zero attached hydrogens (tertiary/aromatic N) is 2. The molecule has 0 bridgehead atoms. The highest BCUT2D eigenvalue weighted by Crippen LogP contribution is 2.27. The topological polar surface area (TPSA) is 124 Å². The van der Waals surface area contributed by atoms with Crippen molar-refractivity contribution in [2.45, 2.75) is 25.7 Å². The molecule has 3 N–H and O–H groups in total. The molecule has 0 spiro atoms. The molecule has 2 amide bonds. The van der Waals surface area contributed by atoms with E-state index in [1.807, 2.05) is 31.4 Å². The number of carbonyl (C=O) groups excluding carboxylic acids is 2. The minimum absolute atomic E-state index is 0.00544. The fraction of sp³-hybridized carbons (Fsp3) is 0.160. The first kappa shape index (κ1) is 25.3. The third kappa shape index (κ3) is 4.81. The summed E-state index contributed by atoms with van der Waals surface area (Å²) in [6, 6.07) is 14.8. The fourth-order valence-electron chi connectivity index (χ4n) is 4.02. The molecule has 1 aliphatic heterocycles. The highest BCUT2D eigenvalue weighted by molar-refractivity contribution is 7.89. The van der Waals surface area contributed by atoms with Crippen LogP contribution in [0.4, 0.5) is 5.69 Å². The zero-order valence-corrected chi connectivity index (χ0v) is 21.4. The van der Waals surface area contributed by atoms with E-state index in [4.69, 9.17) is 22.1 Å². The van der Waals surface area contributed by atoms with E-state index in [0.29, 0.717) is 29.3 Å². The van der Waals surface area contributed by atoms with Crippen molar-refractivity contribution in [2.24, 2.45) is 5.14 Å². The second-order valence-electron chi connectivity index (χ2n) is 8.09. The number of aryl methyl sites for hydroxylation is 1. The summed E-state index contributed by atoms with van der Waals surface area (Å²) in [6.07, 6.45) is 1.53. The Bertz CT molecular complexity index is 1500. The normalized spacial score (nSPS) is 15.4. The first-order valence-electron chi connectivity index (χ1n) is 11.0. The maximum atomic E-state index is 13.4. The van der Waals surface area contributed by atoms with Crippen molar-refractivity contribution >= 4 is 50.9 Å². The van der Waals surface area contributed by atoms with Gasteiger partial charge in [0.05, 0.1) is 17.2 Å². The molecule has 1 aromatic heterocycles. The summed E-state index contributed by atoms with van der Waals surface area (Å²) in [7, 11) is -3.81. The van der Waals surface area contributed by atoms with Crippen LogP contribution in [0.1, 0.15) is 23.9 Å². The van der Waals surface area contributed by atoms with Crippen LogP contribution in [0.5, 0.6) is 5.75 Å². The number of hydrogen-bond acceptors (Lipinski definition) is 6. The number of thiocarbonyl (C=S) groups is 1. The number of benzene rings is 2. The number of rotatable bonds is 6. The van der Waals surface area contributed by atoms with E-state index in [1.165, 1.54) is 23.1 Å². The number of nitrogens with one attached hydrogen (secondary N) is 1. The van der Waals surface area contributed by atoms with Gasteiger partial charge in [0.25, 0.3) is 11.8 Å². The third-order valence-corrected chi connectivity index (χ3v) is 6.92. The predicted molar refractivity (Wildman–Crippen MR) is 140 cm³/mol. The van der Waals surface area contributed by atoms with Gasteiger partial charge in [-0.05, 0) is 99.2 Å². The summed E-state index contributed by atoms with van der Waals surface area (Å²) in [6.45, 7) is 6.10. The molecule has 9 nitrogen and oxygen atoms in total. The SMILES string of the molecule is CCOc1ccc(N2C(=O)/C(=C\c3cc(C)n(-c4ccc(S(N)(=O)=O)cc4)c3C)C(=O)NC2=S)cc1. The minimum Gasteiger partial charge on any atom is -0.494 e. The number of hydrogen-bond donors (Lipinski definition) is 2. The summed E-state index contributed by atoms with van der Waals surface area (Å²) in [4.78, 5) is 27.4. The number of sulfonamides is 1. The molecule has 1 saturated heterocycles. The second-order valence-corrected chi connectivity index (χ2v) is 10.0. The largest absolute Gasteiger partial charge is 0.494 e. The molecule has 0 atom stereocenters. The lowest BCUT2D eigenvalue weighted by Gasteiger charge is -2.29. The Hall–Kier alpha value is -3.80. The van der Waals surface area contributed by atoms with E-state index in [1.54, 1.807) is 36.4 Å². The van der Waals surface area contributed by atoms with Crippen LogP contribution in [0.2, 0.25) is 0 Å². The fourth-order valence-corrected chi connectivity index (χ4v) is 4.82. The van der Waals surface area contributed by atoms with Crippen LogP contribution >= 0.6 is 12.2 Å². The molecule has 3 aromatic rings. The lowest BCUT2D eigenvalue weighted by molar-refractivity contribution is -0.122. The van der Waals surface area contributed by atoms with Crippen molar-refractivity contribution in [3.63, 3.8) is 0 Å². The second kappa shape index (κ2) is 9.69. The first-order valence-corrected chi connectivity index (χ1v) is 12.9. The van der Waals surface area contributed by atoms with E-state index < -0.39 is 21.8 Å². The van der Waals surface area contributed by atoms with Crippen molar-refractivity contribution in [2.75, 3.05) is 11.5 Å². The Morgan fingerprint density at radius 3 is 2.22 bits per heavy atom. The number of amides is 2. The summed E-state index contributed by atoms with van der Waals surface area (Å²) < 4.78 is 30.5. The van der Waals surface area contributed by atoms with E-state index in [0.717, 1.165) is 11.4 Å². The maximum absolute atomic E-state index is 13.4. The standard InChI is InChI=1S/C25H24N4O5S2/c1-4-34-20-9-5-19(6-10-20)29-24(31)22(23(30)27-25(29)35)14-17-13-15(2)28(16(17)3)18-7-11-21(12-8-18)36(26,32)33/h5-14H,4H2,1-3H3,(H2,26,32,33)(H,27,30,35)/b22-14-. The monoisotopic (exact) mass is 524 g/mol. The molecule has 4 rings (SSSR count). The van der Waals surface area contributed by atoms with Crippen LogP contribution in [0.15, 0.2) is 65.1 Å². The van der Waals surface area contributed by atoms with Gasteiger partial charge in [0.1, 0.15) is 11.3 Å². The molecule has 0 saturated carbocycles. The van der Waals surface area contributed by atoms with Gasteiger partial charge in [0.2, 0.25) is 10.0 Å². The lowest BCUT2D eigenvalue weighted by atomic mass is 10.1. The smallest absolute Gasteiger partial charge is 0.270 e. The van der Waals surface area contributed by atoms with Crippen LogP contribution in [0.3, 0.4) is 0 Å². The summed E-state index contributed by atoms with van der Waals surface area (Å²) in [5.41, 5.74) is 3.37. The van der Waals surface area contributed by atoms with Crippen molar-refractivity contribution < 1.29 is 22.7 Å². The van der Waals surface area contributed by atoms with Gasteiger partial charge in [-0.3, -0.25) is 19.8 Å². The van der Waals surface area contributed by atoms with Gasteiger partial charge in [-0.2, -0.15) is 0 Å². The van der Waals surface area contributed by atoms with Crippen LogP contribution in [-0.2, 0) is 19.6 Å². The van der Waals surface area contributed by atoms with Gasteiger partial charge in [-0.25, -0.2) is 13.6 Å². The molecule has 186 valence electrons. The van der Waals surface area contributed by atoms with Crippen LogP contribution in [-0.4, -0.2) is 36.5 Å². The van der Waals surface area contributed by atoms with E-state index in [2.05, 4.69) is 5.32 Å². The van der Waals surface area contributed by atoms with Gasteiger partial charge in [0, 0.05) is 17.1 Å². The zero-order chi connectivity index (χ0) is 26.2. The zero-order valence-electron chi connectivity index (χ0n) is 19.8. The number of carbonyl (C=O) groups is 2. The molecule has 0 aliphatic carbocycles. The van der Waals surface area contributed by atoms with Gasteiger partial charge in [0.15, 0.2) is 5.11 Å². The van der Waals surface area contributed by atoms with Crippen molar-refractivity contribution in [1.29, 1.82) is 0 Å². The van der Waals surface area contributed by atoms with E-state index in [9.17, 15) is 18.0 Å². The molecule has 11 heteroatoms. The Morgan fingerprint density at radius 1 is 1.03 bits per heavy atom. The highest BCUT2D eigenvalue weighted by atomic mass is 32.2. The molecule has 36 heavy (non-hydrogen) atoms. The van der Waals surface area contributed by atoms with Gasteiger partial charge >= 0.3 is 0 Å². The van der Waals surface area contributed by atoms with Gasteiger partial charge < -0.3 is 9.30 Å². The Labute approximate surface area is 214 Å². The maximum Gasteiger partial charge on any atom is 0.270 e. The quantitative estimate of drug-likeness (QED) is 0.290. The average Bonchev–Trinajstić information content (AvgIpc) is 3.10. The Morgan fingerprint density at radius 2 is 1.64 bits per heavy atom. The van der Waals surface area contributed by atoms with Crippen LogP contribution in [0, 0.1) is 13.8 Å². The van der Waals surface area contributed by atoms with Crippen molar-refractivity contribution in [3.05, 3.63) is 77.1 Å². The Balaban J connectivity index is 1.70. The number of ether oxygens (including phenoxy) is 1. The molecular weight excluding hydrogens is 500 g/mol. The molecule has 1 fully saturated rings. The van der Waals surface area contributed by atoms with Gasteiger partial charge in [-0.15, -0.1) is 0 Å². The molecular formula is C25H24N4O5S2. The van der Waals surface area contributed by atoms with E-state index >= 15 is 0 Å². The van der Waals surface area contributed by atoms with Gasteiger partial charge in [-0.1, -0.05) is 0 Å². The number of aromatic nitrogens is 1. The minimum atomic E-state index is -3.81. The number of nitrogens with two attached hydrogens (primary N) is 1. The predicted octanol–water partition coefficient (Wildman–Crippen LogP) is 2.97. The first-order chi connectivity index (χ1) is 17.0. The van der Waals surface area contributed by atoms with Crippen molar-refractivity contribution in [1.82, 2.24) is 9.88 Å². The number of anilines is 1. The third-order valence-electron chi connectivity index (χ3n) is 5.70. The Kier molecular flexibility index (Phi) is 6.81. The molecule has 0 radical (unpaired) electrons. The highest BCUT2D eigenvalue weighted by Gasteiger charge is 2.34. The van der Waals surface area contributed by atoms with Crippen molar-refractivity contribution in [3.8, 4) is 11.4 Å². The summed E-state index contributed by atoms with van der Waals surface area (Å²) in [5, 5.41) is 7.77. The van der Waals surface area contributed by atoms with Crippen LogP contribution in [0.25, 0.3) is 11.8 Å². The molecule has 0 unspecified atom stereocenters. The lowest BCUT2D eigenvalue weighted by Crippen LogP contribution is -2.54. The summed E-state index contributed by atoms with van der Waals surface area (Å²) in [5.74, 6) is -0.481. The average molecular weight is 525 g/mol. The van der Waals surface area contributed by atoms with E-state index in [-0.39, 0.29) is 15.6 Å². The number of primary sulfonamides is 1. The summed E-state index contributed by atoms with van der Waals surface area (Å²) >= 11 is 5.27. The molecule has 2 heterocycles. The molecule has 1 aliphatic rings. The van der Waals surface area contributed by atoms with Crippen LogP contribution < -0.4 is 20.1 Å². The molecule has 2 aromatic carbocycles.